The van der Waals surface area contributed by atoms with Crippen LogP contribution in [0.5, 0.6) is 0 Å². The number of hydrogen-bond acceptors (Lipinski definition) is 11. The van der Waals surface area contributed by atoms with E-state index in [-0.39, 0.29) is 67.0 Å². The van der Waals surface area contributed by atoms with Gasteiger partial charge in [-0.3, -0.25) is 33.4 Å². The zero-order valence-electron chi connectivity index (χ0n) is 45.4. The Morgan fingerprint density at radius 1 is 0.921 bits per heavy atom. The molecule has 2 bridgehead atoms. The maximum absolute atomic E-state index is 14.7. The summed E-state index contributed by atoms with van der Waals surface area (Å²) in [6, 6.07) is 12.8. The molecule has 2 aromatic carbocycles. The minimum Gasteiger partial charge on any atom is -0.382 e. The van der Waals surface area contributed by atoms with Gasteiger partial charge in [-0.15, -0.1) is 0 Å². The van der Waals surface area contributed by atoms with Crippen molar-refractivity contribution in [2.24, 2.45) is 5.41 Å². The molecule has 0 radical (unpaired) electrons. The van der Waals surface area contributed by atoms with Gasteiger partial charge in [-0.25, -0.2) is 9.37 Å². The lowest BCUT2D eigenvalue weighted by atomic mass is 9.85. The molecule has 19 heteroatoms. The molecule has 6 atom stereocenters. The summed E-state index contributed by atoms with van der Waals surface area (Å²) < 4.78 is 16.5. The number of likely N-dealkylation sites (tertiary alicyclic amines) is 1. The summed E-state index contributed by atoms with van der Waals surface area (Å²) in [6.07, 6.45) is 11.7. The number of benzene rings is 2. The van der Waals surface area contributed by atoms with Crippen LogP contribution in [0.4, 0.5) is 15.9 Å². The number of hydrogen-bond donors (Lipinski definition) is 6. The molecule has 2 aromatic heterocycles. The number of carbonyl (C=O) groups is 6. The predicted octanol–water partition coefficient (Wildman–Crippen LogP) is 6.32. The molecule has 7 N–H and O–H groups in total. The van der Waals surface area contributed by atoms with Crippen LogP contribution in [-0.2, 0) is 37.1 Å². The Hall–Kier alpha value is -6.89. The van der Waals surface area contributed by atoms with Gasteiger partial charge in [0.15, 0.2) is 0 Å². The number of nitrogens with two attached hydrogens (primary N) is 1. The minimum absolute atomic E-state index is 0.0500. The number of aromatic nitrogens is 3. The monoisotopic (exact) mass is 1050 g/mol. The standard InChI is InChI=1S/C57H79FN12O6/c1-8-44(37-19-14-13-15-20-37)64-54(74)48-31-40(33-70(48)56(76)51(57(3,4)5)65-53(73)36(2)60-6)63-50(72)23-17-12-10-9-11-16-22-49(71)61-26-28-68-34-43-38-29-47(52(59)62-32-38)69-27-18-21-46(69)42-30-39(58)24-25-41(42)55(75)67(7)35-45(43)66-68/h13-15,19-20,24-25,29-30,32,34,36,40,44,46,48,51,60H,8-12,16-18,21-23,26-28,31,33,35H2,1-7H3,(H2,59,62)(H,61,71)(H,63,72)(H,64,74)(H,65,73)/t36-,40-,44+,46-,48-,51+/m1/s1. The van der Waals surface area contributed by atoms with Crippen LogP contribution in [0.2, 0.25) is 0 Å². The van der Waals surface area contributed by atoms with Crippen molar-refractivity contribution in [1.82, 2.24) is 51.1 Å². The predicted molar refractivity (Wildman–Crippen MR) is 291 cm³/mol. The van der Waals surface area contributed by atoms with Crippen LogP contribution < -0.4 is 37.2 Å². The minimum atomic E-state index is -0.910. The number of fused-ring (bicyclic) bond motifs is 8. The smallest absolute Gasteiger partial charge is 0.254 e. The number of rotatable bonds is 21. The average molecular weight is 1050 g/mol. The maximum Gasteiger partial charge on any atom is 0.254 e. The number of anilines is 2. The van der Waals surface area contributed by atoms with Gasteiger partial charge in [-0.2, -0.15) is 5.10 Å². The number of nitrogens with zero attached hydrogens (tertiary/aromatic N) is 6. The highest BCUT2D eigenvalue weighted by Crippen LogP contribution is 2.42. The molecule has 410 valence electrons. The zero-order valence-corrected chi connectivity index (χ0v) is 45.4. The number of pyridine rings is 1. The quantitative estimate of drug-likeness (QED) is 0.0506. The third-order valence-corrected chi connectivity index (χ3v) is 15.1. The first-order valence-electron chi connectivity index (χ1n) is 27.2. The Kier molecular flexibility index (Phi) is 19.3. The number of likely N-dealkylation sites (N-methyl/N-ethyl adjacent to an activating group) is 1. The second kappa shape index (κ2) is 25.8. The number of carbonyl (C=O) groups excluding carboxylic acids is 6. The fourth-order valence-corrected chi connectivity index (χ4v) is 10.7. The van der Waals surface area contributed by atoms with Gasteiger partial charge in [0.25, 0.3) is 5.91 Å². The van der Waals surface area contributed by atoms with Crippen LogP contribution in [-0.4, -0.2) is 118 Å². The first-order valence-corrected chi connectivity index (χ1v) is 27.2. The van der Waals surface area contributed by atoms with Crippen LogP contribution in [0.3, 0.4) is 0 Å². The van der Waals surface area contributed by atoms with E-state index in [1.54, 1.807) is 42.9 Å². The van der Waals surface area contributed by atoms with Gasteiger partial charge in [0.2, 0.25) is 29.5 Å². The lowest BCUT2D eigenvalue weighted by Gasteiger charge is -2.36. The highest BCUT2D eigenvalue weighted by Gasteiger charge is 2.46. The van der Waals surface area contributed by atoms with Gasteiger partial charge in [0.1, 0.15) is 23.7 Å². The molecule has 0 spiro atoms. The van der Waals surface area contributed by atoms with E-state index in [0.29, 0.717) is 68.0 Å². The second-order valence-corrected chi connectivity index (χ2v) is 21.8. The van der Waals surface area contributed by atoms with Crippen molar-refractivity contribution in [2.75, 3.05) is 44.4 Å². The van der Waals surface area contributed by atoms with E-state index in [1.807, 2.05) is 70.3 Å². The molecule has 7 rings (SSSR count). The third kappa shape index (κ3) is 14.1. The fourth-order valence-electron chi connectivity index (χ4n) is 10.7. The third-order valence-electron chi connectivity index (χ3n) is 15.1. The van der Waals surface area contributed by atoms with E-state index in [4.69, 9.17) is 10.8 Å². The van der Waals surface area contributed by atoms with E-state index < -0.39 is 35.4 Å². The summed E-state index contributed by atoms with van der Waals surface area (Å²) in [6.45, 7) is 11.1. The normalized spacial score (nSPS) is 18.6. The number of nitrogens with one attached hydrogen (secondary N) is 5. The van der Waals surface area contributed by atoms with Gasteiger partial charge < -0.3 is 47.0 Å². The van der Waals surface area contributed by atoms with E-state index in [1.165, 1.54) is 17.0 Å². The average Bonchev–Trinajstić information content (AvgIpc) is 4.17. The number of amides is 6. The Morgan fingerprint density at radius 2 is 1.63 bits per heavy atom. The number of unbranched alkanes of at least 4 members (excludes halogenated alkanes) is 5. The van der Waals surface area contributed by atoms with Crippen LogP contribution in [0, 0.1) is 11.2 Å². The Bertz CT molecular complexity index is 2690. The highest BCUT2D eigenvalue weighted by molar-refractivity contribution is 5.96. The molecule has 3 aliphatic rings. The van der Waals surface area contributed by atoms with Crippen molar-refractivity contribution in [1.29, 1.82) is 0 Å². The first kappa shape index (κ1) is 56.8. The van der Waals surface area contributed by atoms with Crippen molar-refractivity contribution in [3.8, 4) is 11.1 Å². The molecule has 6 amide bonds. The van der Waals surface area contributed by atoms with Crippen molar-refractivity contribution in [2.45, 2.75) is 161 Å². The van der Waals surface area contributed by atoms with Crippen LogP contribution in [0.25, 0.3) is 11.1 Å². The molecular formula is C57H79FN12O6. The maximum atomic E-state index is 14.7. The SMILES string of the molecule is CC[C@H](NC(=O)[C@H]1C[C@@H](NC(=O)CCCCCCCCC(=O)NCCn2cc3c(n2)CN(C)C(=O)c2ccc(F)cc2[C@H]2CCCN2c2cc-3cnc2N)CN1C(=O)[C@H](NC(=O)[C@@H](C)NC)C(C)(C)C)c1ccccc1. The summed E-state index contributed by atoms with van der Waals surface area (Å²) >= 11 is 0. The molecule has 0 unspecified atom stereocenters. The molecule has 3 aliphatic heterocycles. The van der Waals surface area contributed by atoms with Crippen molar-refractivity contribution < 1.29 is 33.2 Å². The number of nitrogen functional groups attached to an aromatic ring is 1. The van der Waals surface area contributed by atoms with E-state index >= 15 is 0 Å². The first-order chi connectivity index (χ1) is 36.4. The Balaban J connectivity index is 0.854. The number of halogens is 1. The van der Waals surface area contributed by atoms with Crippen molar-refractivity contribution in [3.05, 3.63) is 95.2 Å². The van der Waals surface area contributed by atoms with Crippen molar-refractivity contribution in [3.63, 3.8) is 0 Å². The molecule has 2 saturated heterocycles. The summed E-state index contributed by atoms with van der Waals surface area (Å²) in [7, 11) is 3.39. The largest absolute Gasteiger partial charge is 0.382 e. The molecular weight excluding hydrogens is 968 g/mol. The van der Waals surface area contributed by atoms with Gasteiger partial charge in [0, 0.05) is 74.6 Å². The highest BCUT2D eigenvalue weighted by atomic mass is 19.1. The van der Waals surface area contributed by atoms with Crippen LogP contribution >= 0.6 is 0 Å². The molecule has 4 aromatic rings. The van der Waals surface area contributed by atoms with Gasteiger partial charge in [-0.1, -0.05) is 83.7 Å². The zero-order chi connectivity index (χ0) is 54.7. The van der Waals surface area contributed by atoms with E-state index in [2.05, 4.69) is 36.5 Å². The molecule has 0 aliphatic carbocycles. The second-order valence-electron chi connectivity index (χ2n) is 21.8. The van der Waals surface area contributed by atoms with Crippen LogP contribution in [0.15, 0.2) is 67.0 Å². The summed E-state index contributed by atoms with van der Waals surface area (Å²) in [5, 5.41) is 20.0. The molecule has 5 heterocycles. The van der Waals surface area contributed by atoms with Gasteiger partial charge in [0.05, 0.1) is 42.6 Å². The van der Waals surface area contributed by atoms with E-state index in [9.17, 15) is 33.2 Å². The summed E-state index contributed by atoms with van der Waals surface area (Å²) in [4.78, 5) is 91.5. The summed E-state index contributed by atoms with van der Waals surface area (Å²) in [5.41, 5.74) is 10.8. The lowest BCUT2D eigenvalue weighted by molar-refractivity contribution is -0.144. The van der Waals surface area contributed by atoms with E-state index in [0.717, 1.165) is 67.3 Å². The molecule has 18 nitrogen and oxygen atoms in total. The van der Waals surface area contributed by atoms with Gasteiger partial charge >= 0.3 is 0 Å². The van der Waals surface area contributed by atoms with Crippen LogP contribution in [0.1, 0.15) is 151 Å². The molecule has 0 saturated carbocycles. The lowest BCUT2D eigenvalue weighted by Crippen LogP contribution is -2.59. The molecule has 76 heavy (non-hydrogen) atoms. The topological polar surface area (TPSA) is 229 Å². The van der Waals surface area contributed by atoms with Gasteiger partial charge in [-0.05, 0) is 93.3 Å². The molecule has 2 fully saturated rings. The summed E-state index contributed by atoms with van der Waals surface area (Å²) in [5.74, 6) is -1.47. The Morgan fingerprint density at radius 3 is 2.33 bits per heavy atom. The van der Waals surface area contributed by atoms with Crippen molar-refractivity contribution >= 4 is 46.9 Å². The fraction of sp³-hybridized carbons (Fsp3) is 0.544. The Labute approximate surface area is 446 Å².